The molecule has 2 amide bonds. The number of benzene rings is 3. The monoisotopic (exact) mass is 507 g/mol. The zero-order valence-corrected chi connectivity index (χ0v) is 20.4. The van der Waals surface area contributed by atoms with Crippen molar-refractivity contribution in [1.29, 1.82) is 5.26 Å². The first-order valence-electron chi connectivity index (χ1n) is 10.4. The van der Waals surface area contributed by atoms with E-state index in [-0.39, 0.29) is 16.5 Å². The van der Waals surface area contributed by atoms with Crippen molar-refractivity contribution in [2.45, 2.75) is 18.6 Å². The Morgan fingerprint density at radius 3 is 2.32 bits per heavy atom. The van der Waals surface area contributed by atoms with Crippen LogP contribution in [0.1, 0.15) is 11.1 Å². The number of carbonyl (C=O) groups is 2. The lowest BCUT2D eigenvalue weighted by molar-refractivity contribution is -0.117. The summed E-state index contributed by atoms with van der Waals surface area (Å²) in [6.45, 7) is 1.94. The second-order valence-corrected chi connectivity index (χ2v) is 9.64. The Bertz CT molecular complexity index is 1330. The average Bonchev–Trinajstić information content (AvgIpc) is 3.13. The molecule has 8 heteroatoms. The molecule has 3 aromatic carbocycles. The molecule has 4 rings (SSSR count). The van der Waals surface area contributed by atoms with Gasteiger partial charge in [-0.15, -0.1) is 0 Å². The molecule has 1 aliphatic rings. The second kappa shape index (κ2) is 10.4. The molecule has 1 N–H and O–H groups in total. The lowest BCUT2D eigenvalue weighted by atomic mass is 10.1. The largest absolute Gasteiger partial charge is 0.320 e. The Labute approximate surface area is 212 Å². The highest BCUT2D eigenvalue weighted by molar-refractivity contribution is 8.05. The standard InChI is InChI=1S/C26H19Cl2N3O2S/c1-16-10-12-18(13-11-16)31-25(33)23(14-17-6-2-3-7-20(17)27)34-26(31)19(15-29)24(32)30-22-9-5-4-8-21(22)28/h2-13,23H,14H2,1H3,(H,30,32)/b26-19-/t23-/m0/s1. The van der Waals surface area contributed by atoms with Crippen molar-refractivity contribution in [2.24, 2.45) is 0 Å². The number of halogens is 2. The molecule has 0 unspecified atom stereocenters. The molecule has 0 aromatic heterocycles. The normalized spacial score (nSPS) is 16.8. The molecule has 170 valence electrons. The van der Waals surface area contributed by atoms with Crippen LogP contribution in [0.3, 0.4) is 0 Å². The summed E-state index contributed by atoms with van der Waals surface area (Å²) in [7, 11) is 0. The molecule has 1 atom stereocenters. The third kappa shape index (κ3) is 4.97. The van der Waals surface area contributed by atoms with E-state index >= 15 is 0 Å². The van der Waals surface area contributed by atoms with E-state index in [4.69, 9.17) is 23.2 Å². The lowest BCUT2D eigenvalue weighted by Gasteiger charge is -2.19. The van der Waals surface area contributed by atoms with Crippen LogP contribution in [0.15, 0.2) is 83.4 Å². The molecule has 0 aliphatic carbocycles. The van der Waals surface area contributed by atoms with Gasteiger partial charge in [-0.3, -0.25) is 14.5 Å². The predicted octanol–water partition coefficient (Wildman–Crippen LogP) is 6.37. The molecular weight excluding hydrogens is 489 g/mol. The summed E-state index contributed by atoms with van der Waals surface area (Å²) in [6.07, 6.45) is 0.361. The Morgan fingerprint density at radius 1 is 1.03 bits per heavy atom. The first-order valence-corrected chi connectivity index (χ1v) is 12.0. The molecular formula is C26H19Cl2N3O2S. The van der Waals surface area contributed by atoms with Gasteiger partial charge in [-0.2, -0.15) is 5.26 Å². The number of thioether (sulfide) groups is 1. The third-order valence-electron chi connectivity index (χ3n) is 5.28. The minimum atomic E-state index is -0.638. The number of anilines is 2. The number of aryl methyl sites for hydroxylation is 1. The van der Waals surface area contributed by atoms with Crippen LogP contribution < -0.4 is 10.2 Å². The van der Waals surface area contributed by atoms with Crippen molar-refractivity contribution in [3.05, 3.63) is 105 Å². The zero-order valence-electron chi connectivity index (χ0n) is 18.1. The quantitative estimate of drug-likeness (QED) is 0.321. The van der Waals surface area contributed by atoms with Crippen LogP contribution in [-0.2, 0) is 16.0 Å². The molecule has 34 heavy (non-hydrogen) atoms. The molecule has 1 fully saturated rings. The van der Waals surface area contributed by atoms with E-state index in [0.717, 1.165) is 11.1 Å². The highest BCUT2D eigenvalue weighted by Gasteiger charge is 2.41. The van der Waals surface area contributed by atoms with Gasteiger partial charge in [0.15, 0.2) is 0 Å². The van der Waals surface area contributed by atoms with Crippen molar-refractivity contribution in [2.75, 3.05) is 10.2 Å². The SMILES string of the molecule is Cc1ccc(N2C(=O)[C@H](Cc3ccccc3Cl)S/C2=C(/C#N)C(=O)Nc2ccccc2Cl)cc1. The smallest absolute Gasteiger partial charge is 0.269 e. The van der Waals surface area contributed by atoms with Gasteiger partial charge in [0.25, 0.3) is 5.91 Å². The lowest BCUT2D eigenvalue weighted by Crippen LogP contribution is -2.31. The number of para-hydroxylation sites is 1. The third-order valence-corrected chi connectivity index (χ3v) is 7.24. The minimum absolute atomic E-state index is 0.166. The van der Waals surface area contributed by atoms with Gasteiger partial charge < -0.3 is 5.32 Å². The number of carbonyl (C=O) groups excluding carboxylic acids is 2. The van der Waals surface area contributed by atoms with E-state index in [1.807, 2.05) is 43.3 Å². The summed E-state index contributed by atoms with van der Waals surface area (Å²) in [5.41, 5.74) is 2.64. The summed E-state index contributed by atoms with van der Waals surface area (Å²) in [6, 6.07) is 23.4. The molecule has 1 heterocycles. The van der Waals surface area contributed by atoms with Crippen LogP contribution >= 0.6 is 35.0 Å². The molecule has 3 aromatic rings. The van der Waals surface area contributed by atoms with E-state index in [9.17, 15) is 14.9 Å². The minimum Gasteiger partial charge on any atom is -0.320 e. The number of nitrogens with zero attached hydrogens (tertiary/aromatic N) is 2. The Morgan fingerprint density at radius 2 is 1.68 bits per heavy atom. The predicted molar refractivity (Wildman–Crippen MR) is 138 cm³/mol. The fourth-order valence-electron chi connectivity index (χ4n) is 3.53. The van der Waals surface area contributed by atoms with Crippen molar-refractivity contribution < 1.29 is 9.59 Å². The summed E-state index contributed by atoms with van der Waals surface area (Å²) < 4.78 is 0. The molecule has 1 saturated heterocycles. The molecule has 0 spiro atoms. The van der Waals surface area contributed by atoms with Gasteiger partial charge in [0.05, 0.1) is 16.0 Å². The fraction of sp³-hybridized carbons (Fsp3) is 0.115. The van der Waals surface area contributed by atoms with Crippen molar-refractivity contribution in [3.63, 3.8) is 0 Å². The Hall–Kier alpha value is -3.24. The molecule has 0 radical (unpaired) electrons. The van der Waals surface area contributed by atoms with Gasteiger partial charge in [-0.25, -0.2) is 0 Å². The van der Waals surface area contributed by atoms with E-state index in [1.165, 1.54) is 16.7 Å². The van der Waals surface area contributed by atoms with Gasteiger partial charge in [-0.05, 0) is 49.2 Å². The van der Waals surface area contributed by atoms with Crippen LogP contribution in [0, 0.1) is 18.3 Å². The number of rotatable bonds is 5. The maximum Gasteiger partial charge on any atom is 0.269 e. The zero-order chi connectivity index (χ0) is 24.2. The molecule has 5 nitrogen and oxygen atoms in total. The van der Waals surface area contributed by atoms with E-state index in [1.54, 1.807) is 42.5 Å². The maximum absolute atomic E-state index is 13.5. The molecule has 0 saturated carbocycles. The van der Waals surface area contributed by atoms with Crippen LogP contribution in [0.4, 0.5) is 11.4 Å². The van der Waals surface area contributed by atoms with Gasteiger partial charge in [0, 0.05) is 10.7 Å². The van der Waals surface area contributed by atoms with Crippen LogP contribution in [0.2, 0.25) is 10.0 Å². The summed E-state index contributed by atoms with van der Waals surface area (Å²) >= 11 is 13.7. The maximum atomic E-state index is 13.5. The van der Waals surface area contributed by atoms with Gasteiger partial charge in [-0.1, -0.05) is 83.0 Å². The van der Waals surface area contributed by atoms with E-state index in [2.05, 4.69) is 5.32 Å². The second-order valence-electron chi connectivity index (χ2n) is 7.64. The molecule has 1 aliphatic heterocycles. The van der Waals surface area contributed by atoms with Crippen LogP contribution in [0.25, 0.3) is 0 Å². The van der Waals surface area contributed by atoms with Gasteiger partial charge in [0.1, 0.15) is 16.7 Å². The van der Waals surface area contributed by atoms with Crippen molar-refractivity contribution in [1.82, 2.24) is 0 Å². The summed E-state index contributed by atoms with van der Waals surface area (Å²) in [5, 5.41) is 13.3. The topological polar surface area (TPSA) is 73.2 Å². The number of amides is 2. The first-order chi connectivity index (χ1) is 16.4. The van der Waals surface area contributed by atoms with Gasteiger partial charge in [0.2, 0.25) is 5.91 Å². The van der Waals surface area contributed by atoms with Crippen molar-refractivity contribution >= 4 is 58.2 Å². The summed E-state index contributed by atoms with van der Waals surface area (Å²) in [4.78, 5) is 28.1. The Kier molecular flexibility index (Phi) is 7.28. The Balaban J connectivity index is 1.75. The highest BCUT2D eigenvalue weighted by atomic mass is 35.5. The van der Waals surface area contributed by atoms with Crippen LogP contribution in [0.5, 0.6) is 0 Å². The number of hydrogen-bond donors (Lipinski definition) is 1. The number of hydrogen-bond acceptors (Lipinski definition) is 4. The number of nitrogens with one attached hydrogen (secondary N) is 1. The number of nitriles is 1. The van der Waals surface area contributed by atoms with Gasteiger partial charge >= 0.3 is 0 Å². The van der Waals surface area contributed by atoms with Crippen molar-refractivity contribution in [3.8, 4) is 6.07 Å². The highest BCUT2D eigenvalue weighted by Crippen LogP contribution is 2.42. The molecule has 0 bridgehead atoms. The fourth-order valence-corrected chi connectivity index (χ4v) is 5.22. The first kappa shape index (κ1) is 23.9. The van der Waals surface area contributed by atoms with E-state index in [0.29, 0.717) is 27.8 Å². The average molecular weight is 508 g/mol. The summed E-state index contributed by atoms with van der Waals surface area (Å²) in [5.74, 6) is -0.858. The van der Waals surface area contributed by atoms with E-state index < -0.39 is 11.2 Å². The van der Waals surface area contributed by atoms with Crippen LogP contribution in [-0.4, -0.2) is 17.1 Å².